The molecule has 8 heteroatoms. The summed E-state index contributed by atoms with van der Waals surface area (Å²) in [6.45, 7) is 1.79. The lowest BCUT2D eigenvalue weighted by Crippen LogP contribution is -2.31. The lowest BCUT2D eigenvalue weighted by Gasteiger charge is -2.26. The smallest absolute Gasteiger partial charge is 0.422 e. The summed E-state index contributed by atoms with van der Waals surface area (Å²) < 4.78 is 45.9. The molecule has 1 atom stereocenters. The minimum absolute atomic E-state index is 0.136. The predicted molar refractivity (Wildman–Crippen MR) is 77.1 cm³/mol. The number of hydrogen-bond acceptors (Lipinski definition) is 4. The average molecular weight is 332 g/mol. The van der Waals surface area contributed by atoms with Crippen molar-refractivity contribution in [2.45, 2.75) is 25.9 Å². The lowest BCUT2D eigenvalue weighted by atomic mass is 9.87. The molecule has 0 saturated carbocycles. The molecule has 1 N–H and O–H groups in total. The molecule has 1 fully saturated rings. The van der Waals surface area contributed by atoms with Crippen molar-refractivity contribution in [2.24, 2.45) is 11.8 Å². The van der Waals surface area contributed by atoms with Gasteiger partial charge < -0.3 is 14.8 Å². The second-order valence-electron chi connectivity index (χ2n) is 5.52. The number of hydrogen-bond donors (Lipinski definition) is 1. The normalized spacial score (nSPS) is 17.6. The first-order valence-electron chi connectivity index (χ1n) is 7.39. The second-order valence-corrected chi connectivity index (χ2v) is 5.52. The quantitative estimate of drug-likeness (QED) is 0.900. The third kappa shape index (κ3) is 5.70. The number of halogens is 3. The number of carbonyl (C=O) groups is 1. The van der Waals surface area contributed by atoms with Gasteiger partial charge in [0.25, 0.3) is 0 Å². The summed E-state index contributed by atoms with van der Waals surface area (Å²) in [5.74, 6) is -0.174. The Morgan fingerprint density at radius 1 is 1.43 bits per heavy atom. The monoisotopic (exact) mass is 332 g/mol. The number of rotatable bonds is 5. The van der Waals surface area contributed by atoms with E-state index in [1.165, 1.54) is 18.3 Å². The van der Waals surface area contributed by atoms with Crippen LogP contribution in [0.3, 0.4) is 0 Å². The molecule has 0 bridgehead atoms. The van der Waals surface area contributed by atoms with Crippen molar-refractivity contribution < 1.29 is 27.4 Å². The first-order valence-corrected chi connectivity index (χ1v) is 7.39. The summed E-state index contributed by atoms with van der Waals surface area (Å²) in [6.07, 6.45) is -1.44. The summed E-state index contributed by atoms with van der Waals surface area (Å²) in [5.41, 5.74) is 0.424. The molecule has 5 nitrogen and oxygen atoms in total. The van der Waals surface area contributed by atoms with Crippen molar-refractivity contribution in [3.63, 3.8) is 0 Å². The fraction of sp³-hybridized carbons (Fsp3) is 0.600. The Labute approximate surface area is 132 Å². The van der Waals surface area contributed by atoms with Gasteiger partial charge >= 0.3 is 6.18 Å². The minimum Gasteiger partial charge on any atom is -0.468 e. The fourth-order valence-electron chi connectivity index (χ4n) is 2.38. The zero-order valence-electron chi connectivity index (χ0n) is 12.7. The molecule has 1 saturated heterocycles. The number of ether oxygens (including phenoxy) is 2. The first-order chi connectivity index (χ1) is 10.8. The highest BCUT2D eigenvalue weighted by molar-refractivity contribution is 5.92. The molecule has 1 aromatic heterocycles. The summed E-state index contributed by atoms with van der Waals surface area (Å²) in [4.78, 5) is 15.9. The molecule has 2 heterocycles. The summed E-state index contributed by atoms with van der Waals surface area (Å²) >= 11 is 0. The molecule has 1 unspecified atom stereocenters. The van der Waals surface area contributed by atoms with Gasteiger partial charge in [-0.1, -0.05) is 6.92 Å². The highest BCUT2D eigenvalue weighted by Crippen LogP contribution is 2.25. The molecule has 0 spiro atoms. The number of pyridine rings is 1. The van der Waals surface area contributed by atoms with Crippen LogP contribution in [0.15, 0.2) is 18.3 Å². The van der Waals surface area contributed by atoms with Crippen LogP contribution in [0.5, 0.6) is 5.88 Å². The molecular formula is C15H19F3N2O3. The fourth-order valence-corrected chi connectivity index (χ4v) is 2.38. The molecule has 2 rings (SSSR count). The largest absolute Gasteiger partial charge is 0.468 e. The second kappa shape index (κ2) is 7.63. The molecule has 1 aromatic rings. The third-order valence-electron chi connectivity index (χ3n) is 3.77. The van der Waals surface area contributed by atoms with Gasteiger partial charge in [-0.05, 0) is 24.8 Å². The van der Waals surface area contributed by atoms with E-state index in [1.807, 2.05) is 6.92 Å². The van der Waals surface area contributed by atoms with Crippen LogP contribution >= 0.6 is 0 Å². The van der Waals surface area contributed by atoms with Gasteiger partial charge in [0.2, 0.25) is 11.8 Å². The van der Waals surface area contributed by atoms with Crippen LogP contribution in [0.1, 0.15) is 19.8 Å². The van der Waals surface area contributed by atoms with Crippen molar-refractivity contribution in [3.8, 4) is 5.88 Å². The van der Waals surface area contributed by atoms with Gasteiger partial charge in [0.05, 0.1) is 11.9 Å². The van der Waals surface area contributed by atoms with Gasteiger partial charge in [0.1, 0.15) is 0 Å². The van der Waals surface area contributed by atoms with Crippen molar-refractivity contribution in [1.82, 2.24) is 4.98 Å². The van der Waals surface area contributed by atoms with E-state index in [-0.39, 0.29) is 23.6 Å². The number of anilines is 1. The maximum absolute atomic E-state index is 12.2. The maximum atomic E-state index is 12.2. The van der Waals surface area contributed by atoms with E-state index in [1.54, 1.807) is 0 Å². The van der Waals surface area contributed by atoms with Crippen LogP contribution < -0.4 is 10.1 Å². The molecule has 1 amide bonds. The van der Waals surface area contributed by atoms with E-state index in [2.05, 4.69) is 15.0 Å². The van der Waals surface area contributed by atoms with Gasteiger partial charge in [-0.25, -0.2) is 4.98 Å². The number of alkyl halides is 3. The van der Waals surface area contributed by atoms with Gasteiger partial charge in [-0.2, -0.15) is 13.2 Å². The summed E-state index contributed by atoms with van der Waals surface area (Å²) in [6, 6.07) is 2.76. The van der Waals surface area contributed by atoms with Crippen LogP contribution in [-0.4, -0.2) is 36.9 Å². The number of nitrogens with zero attached hydrogens (tertiary/aromatic N) is 1. The number of nitrogens with one attached hydrogen (secondary N) is 1. The lowest BCUT2D eigenvalue weighted by molar-refractivity contribution is -0.154. The highest BCUT2D eigenvalue weighted by atomic mass is 19.4. The average Bonchev–Trinajstić information content (AvgIpc) is 2.53. The van der Waals surface area contributed by atoms with Gasteiger partial charge in [-0.15, -0.1) is 0 Å². The van der Waals surface area contributed by atoms with Crippen LogP contribution in [0.4, 0.5) is 18.9 Å². The van der Waals surface area contributed by atoms with Crippen molar-refractivity contribution in [2.75, 3.05) is 25.1 Å². The molecule has 1 aliphatic rings. The Hall–Kier alpha value is -1.83. The minimum atomic E-state index is -4.41. The van der Waals surface area contributed by atoms with Crippen LogP contribution in [0, 0.1) is 11.8 Å². The zero-order chi connectivity index (χ0) is 16.9. The first kappa shape index (κ1) is 17.5. The van der Waals surface area contributed by atoms with Crippen molar-refractivity contribution >= 4 is 11.6 Å². The van der Waals surface area contributed by atoms with E-state index >= 15 is 0 Å². The van der Waals surface area contributed by atoms with Crippen LogP contribution in [0.2, 0.25) is 0 Å². The van der Waals surface area contributed by atoms with E-state index in [0.29, 0.717) is 18.9 Å². The maximum Gasteiger partial charge on any atom is 0.422 e. The summed E-state index contributed by atoms with van der Waals surface area (Å²) in [5, 5.41) is 2.72. The van der Waals surface area contributed by atoms with E-state index in [4.69, 9.17) is 4.74 Å². The third-order valence-corrected chi connectivity index (χ3v) is 3.77. The zero-order valence-corrected chi connectivity index (χ0v) is 12.7. The summed E-state index contributed by atoms with van der Waals surface area (Å²) in [7, 11) is 0. The van der Waals surface area contributed by atoms with Crippen molar-refractivity contribution in [3.05, 3.63) is 18.3 Å². The number of amides is 1. The Balaban J connectivity index is 1.86. The van der Waals surface area contributed by atoms with Crippen LogP contribution in [-0.2, 0) is 9.53 Å². The highest BCUT2D eigenvalue weighted by Gasteiger charge is 2.29. The Morgan fingerprint density at radius 3 is 2.70 bits per heavy atom. The molecule has 23 heavy (non-hydrogen) atoms. The Morgan fingerprint density at radius 2 is 2.13 bits per heavy atom. The standard InChI is InChI=1S/C15H19F3N2O3/c1-10(11-4-6-22-7-5-11)14(21)20-12-2-3-13(19-8-12)23-9-15(16,17)18/h2-3,8,10-11H,4-7,9H2,1H3,(H,20,21). The van der Waals surface area contributed by atoms with Gasteiger partial charge in [-0.3, -0.25) is 4.79 Å². The molecular weight excluding hydrogens is 313 g/mol. The van der Waals surface area contributed by atoms with E-state index < -0.39 is 12.8 Å². The van der Waals surface area contributed by atoms with E-state index in [0.717, 1.165) is 12.8 Å². The number of carbonyl (C=O) groups excluding carboxylic acids is 1. The molecule has 0 radical (unpaired) electrons. The SMILES string of the molecule is CC(C(=O)Nc1ccc(OCC(F)(F)F)nc1)C1CCOCC1. The Bertz CT molecular complexity index is 514. The molecule has 1 aliphatic heterocycles. The molecule has 0 aliphatic carbocycles. The number of aromatic nitrogens is 1. The van der Waals surface area contributed by atoms with E-state index in [9.17, 15) is 18.0 Å². The Kier molecular flexibility index (Phi) is 5.81. The predicted octanol–water partition coefficient (Wildman–Crippen LogP) is 3.02. The van der Waals surface area contributed by atoms with Crippen LogP contribution in [0.25, 0.3) is 0 Å². The van der Waals surface area contributed by atoms with Crippen molar-refractivity contribution in [1.29, 1.82) is 0 Å². The topological polar surface area (TPSA) is 60.5 Å². The van der Waals surface area contributed by atoms with Gasteiger partial charge in [0, 0.05) is 25.2 Å². The van der Waals surface area contributed by atoms with Gasteiger partial charge in [0.15, 0.2) is 6.61 Å². The molecule has 0 aromatic carbocycles. The molecule has 128 valence electrons.